The van der Waals surface area contributed by atoms with E-state index in [9.17, 15) is 9.90 Å². The van der Waals surface area contributed by atoms with Crippen LogP contribution in [0.15, 0.2) is 12.2 Å². The maximum absolute atomic E-state index is 11.3. The number of aliphatic hydroxyl groups is 1. The van der Waals surface area contributed by atoms with E-state index < -0.39 is 6.10 Å². The van der Waals surface area contributed by atoms with Gasteiger partial charge in [0.1, 0.15) is 0 Å². The fraction of sp³-hybridized carbons (Fsp3) is 0.769. The lowest BCUT2D eigenvalue weighted by Crippen LogP contribution is -2.46. The van der Waals surface area contributed by atoms with E-state index in [1.807, 2.05) is 19.1 Å². The van der Waals surface area contributed by atoms with Crippen molar-refractivity contribution in [3.63, 3.8) is 0 Å². The Morgan fingerprint density at radius 1 is 1.50 bits per heavy atom. The van der Waals surface area contributed by atoms with Crippen molar-refractivity contribution < 1.29 is 9.90 Å². The van der Waals surface area contributed by atoms with E-state index >= 15 is 0 Å². The summed E-state index contributed by atoms with van der Waals surface area (Å²) in [6, 6.07) is 0. The summed E-state index contributed by atoms with van der Waals surface area (Å²) in [4.78, 5) is 13.5. The predicted molar refractivity (Wildman–Crippen MR) is 72.0 cm³/mol. The number of carbonyl (C=O) groups is 1. The van der Waals surface area contributed by atoms with Crippen molar-refractivity contribution in [1.82, 2.24) is 10.2 Å². The van der Waals surface area contributed by atoms with Crippen molar-refractivity contribution in [1.29, 1.82) is 0 Å². The summed E-state index contributed by atoms with van der Waals surface area (Å²) in [5.74, 6) is -0.591. The number of nitrogens with zero attached hydrogens (tertiary/aromatic N) is 1. The number of nitrogens with one attached hydrogen (secondary N) is 1. The highest BCUT2D eigenvalue weighted by molar-refractivity contribution is 5.76. The third kappa shape index (κ3) is 5.62. The van der Waals surface area contributed by atoms with Crippen molar-refractivity contribution in [3.05, 3.63) is 12.2 Å². The lowest BCUT2D eigenvalue weighted by Gasteiger charge is -2.29. The predicted octanol–water partition coefficient (Wildman–Crippen LogP) is -0.290. The van der Waals surface area contributed by atoms with Gasteiger partial charge in [0.05, 0.1) is 6.10 Å². The SMILES string of the molecule is C/C=C/C[C@H](C[C@H](O)CN1CCNCC1)C(N)=O. The van der Waals surface area contributed by atoms with Gasteiger partial charge < -0.3 is 16.2 Å². The molecular formula is C13H25N3O2. The summed E-state index contributed by atoms with van der Waals surface area (Å²) < 4.78 is 0. The summed E-state index contributed by atoms with van der Waals surface area (Å²) in [6.45, 7) is 6.37. The van der Waals surface area contributed by atoms with Gasteiger partial charge in [-0.2, -0.15) is 0 Å². The molecule has 0 unspecified atom stereocenters. The molecule has 4 N–H and O–H groups in total. The number of amides is 1. The Balaban J connectivity index is 2.34. The third-order valence-electron chi connectivity index (χ3n) is 3.29. The van der Waals surface area contributed by atoms with E-state index in [0.29, 0.717) is 19.4 Å². The van der Waals surface area contributed by atoms with Crippen LogP contribution in [0.4, 0.5) is 0 Å². The van der Waals surface area contributed by atoms with Crippen LogP contribution in [0.25, 0.3) is 0 Å². The lowest BCUT2D eigenvalue weighted by molar-refractivity contribution is -0.122. The molecule has 5 nitrogen and oxygen atoms in total. The summed E-state index contributed by atoms with van der Waals surface area (Å²) in [6.07, 6.45) is 4.41. The summed E-state index contributed by atoms with van der Waals surface area (Å²) in [5.41, 5.74) is 5.35. The number of nitrogens with two attached hydrogens (primary N) is 1. The molecule has 0 aromatic carbocycles. The van der Waals surface area contributed by atoms with Crippen LogP contribution in [0.5, 0.6) is 0 Å². The van der Waals surface area contributed by atoms with Gasteiger partial charge in [0, 0.05) is 38.6 Å². The second kappa shape index (κ2) is 8.24. The van der Waals surface area contributed by atoms with E-state index in [1.54, 1.807) is 0 Å². The molecule has 18 heavy (non-hydrogen) atoms. The first-order valence-corrected chi connectivity index (χ1v) is 6.65. The molecule has 1 aliphatic rings. The van der Waals surface area contributed by atoms with Crippen LogP contribution < -0.4 is 11.1 Å². The Labute approximate surface area is 109 Å². The highest BCUT2D eigenvalue weighted by atomic mass is 16.3. The van der Waals surface area contributed by atoms with Crippen molar-refractivity contribution in [2.75, 3.05) is 32.7 Å². The Morgan fingerprint density at radius 2 is 2.17 bits per heavy atom. The molecule has 1 heterocycles. The van der Waals surface area contributed by atoms with E-state index in [1.165, 1.54) is 0 Å². The molecule has 0 bridgehead atoms. The summed E-state index contributed by atoms with van der Waals surface area (Å²) in [5, 5.41) is 13.3. The smallest absolute Gasteiger partial charge is 0.220 e. The normalized spacial score (nSPS) is 21.0. The Kier molecular flexibility index (Phi) is 6.93. The minimum atomic E-state index is -0.481. The van der Waals surface area contributed by atoms with Crippen LogP contribution in [-0.4, -0.2) is 54.7 Å². The number of hydrogen-bond donors (Lipinski definition) is 3. The molecular weight excluding hydrogens is 230 g/mol. The zero-order chi connectivity index (χ0) is 13.4. The van der Waals surface area contributed by atoms with Crippen molar-refractivity contribution in [2.45, 2.75) is 25.9 Å². The molecule has 1 fully saturated rings. The average molecular weight is 255 g/mol. The Hall–Kier alpha value is -0.910. The van der Waals surface area contributed by atoms with Gasteiger partial charge in [0.15, 0.2) is 0 Å². The van der Waals surface area contributed by atoms with Gasteiger partial charge in [-0.1, -0.05) is 12.2 Å². The van der Waals surface area contributed by atoms with Crippen LogP contribution in [0.2, 0.25) is 0 Å². The Morgan fingerprint density at radius 3 is 2.72 bits per heavy atom. The van der Waals surface area contributed by atoms with Gasteiger partial charge in [-0.3, -0.25) is 9.69 Å². The first kappa shape index (κ1) is 15.1. The summed E-state index contributed by atoms with van der Waals surface area (Å²) in [7, 11) is 0. The monoisotopic (exact) mass is 255 g/mol. The zero-order valence-electron chi connectivity index (χ0n) is 11.1. The maximum atomic E-state index is 11.3. The molecule has 0 aliphatic carbocycles. The number of primary amides is 1. The van der Waals surface area contributed by atoms with Gasteiger partial charge in [-0.25, -0.2) is 0 Å². The fourth-order valence-electron chi connectivity index (χ4n) is 2.22. The maximum Gasteiger partial charge on any atom is 0.220 e. The first-order chi connectivity index (χ1) is 8.63. The number of hydrogen-bond acceptors (Lipinski definition) is 4. The second-order valence-corrected chi connectivity index (χ2v) is 4.84. The van der Waals surface area contributed by atoms with E-state index in [-0.39, 0.29) is 11.8 Å². The molecule has 1 saturated heterocycles. The van der Waals surface area contributed by atoms with Crippen LogP contribution >= 0.6 is 0 Å². The number of allylic oxidation sites excluding steroid dienone is 2. The topological polar surface area (TPSA) is 78.6 Å². The Bertz CT molecular complexity index is 275. The van der Waals surface area contributed by atoms with E-state index in [2.05, 4.69) is 10.2 Å². The molecule has 0 saturated carbocycles. The minimum absolute atomic E-state index is 0.265. The van der Waals surface area contributed by atoms with Crippen molar-refractivity contribution in [3.8, 4) is 0 Å². The van der Waals surface area contributed by atoms with Crippen LogP contribution in [0.3, 0.4) is 0 Å². The average Bonchev–Trinajstić information content (AvgIpc) is 2.35. The molecule has 1 amide bonds. The highest BCUT2D eigenvalue weighted by Crippen LogP contribution is 2.13. The van der Waals surface area contributed by atoms with Gasteiger partial charge in [0.2, 0.25) is 5.91 Å². The lowest BCUT2D eigenvalue weighted by atomic mass is 9.96. The molecule has 0 spiro atoms. The minimum Gasteiger partial charge on any atom is -0.392 e. The molecule has 104 valence electrons. The number of piperazine rings is 1. The van der Waals surface area contributed by atoms with Crippen molar-refractivity contribution in [2.24, 2.45) is 11.7 Å². The number of carbonyl (C=O) groups excluding carboxylic acids is 1. The molecule has 2 atom stereocenters. The van der Waals surface area contributed by atoms with Gasteiger partial charge in [0.25, 0.3) is 0 Å². The molecule has 0 radical (unpaired) electrons. The molecule has 0 aromatic rings. The van der Waals surface area contributed by atoms with Gasteiger partial charge in [-0.05, 0) is 19.8 Å². The third-order valence-corrected chi connectivity index (χ3v) is 3.29. The highest BCUT2D eigenvalue weighted by Gasteiger charge is 2.21. The quantitative estimate of drug-likeness (QED) is 0.546. The van der Waals surface area contributed by atoms with Gasteiger partial charge >= 0.3 is 0 Å². The number of rotatable bonds is 7. The van der Waals surface area contributed by atoms with E-state index in [0.717, 1.165) is 26.2 Å². The number of aliphatic hydroxyl groups excluding tert-OH is 1. The largest absolute Gasteiger partial charge is 0.392 e. The number of β-amino-alcohol motifs (C(OH)–C–C–N with tert-alkyl or cyclic N) is 1. The van der Waals surface area contributed by atoms with Gasteiger partial charge in [-0.15, -0.1) is 0 Å². The standard InChI is InChI=1S/C13H25N3O2/c1-2-3-4-11(13(14)18)9-12(17)10-16-7-5-15-6-8-16/h2-3,11-12,15,17H,4-10H2,1H3,(H2,14,18)/b3-2+/t11-,12+/m1/s1. The molecule has 5 heteroatoms. The molecule has 1 rings (SSSR count). The first-order valence-electron chi connectivity index (χ1n) is 6.65. The second-order valence-electron chi connectivity index (χ2n) is 4.84. The molecule has 1 aliphatic heterocycles. The van der Waals surface area contributed by atoms with Crippen LogP contribution in [0, 0.1) is 5.92 Å². The summed E-state index contributed by atoms with van der Waals surface area (Å²) >= 11 is 0. The fourth-order valence-corrected chi connectivity index (χ4v) is 2.22. The molecule has 0 aromatic heterocycles. The zero-order valence-corrected chi connectivity index (χ0v) is 11.1. The van der Waals surface area contributed by atoms with E-state index in [4.69, 9.17) is 5.73 Å². The van der Waals surface area contributed by atoms with Crippen molar-refractivity contribution >= 4 is 5.91 Å². The van der Waals surface area contributed by atoms with Crippen LogP contribution in [-0.2, 0) is 4.79 Å². The van der Waals surface area contributed by atoms with Crippen LogP contribution in [0.1, 0.15) is 19.8 Å².